The van der Waals surface area contributed by atoms with Crippen molar-refractivity contribution >= 4 is 29.1 Å². The second-order valence-electron chi connectivity index (χ2n) is 4.68. The third-order valence-corrected chi connectivity index (χ3v) is 3.55. The number of amides is 2. The number of hydrogen-bond acceptors (Lipinski definition) is 4. The summed E-state index contributed by atoms with van der Waals surface area (Å²) in [6.45, 7) is 0.481. The minimum Gasteiger partial charge on any atom is -0.506 e. The van der Waals surface area contributed by atoms with Crippen LogP contribution in [0.15, 0.2) is 36.4 Å². The third kappa shape index (κ3) is 2.55. The number of benzene rings is 2. The van der Waals surface area contributed by atoms with Crippen molar-refractivity contribution < 1.29 is 14.7 Å². The first-order valence-electron chi connectivity index (χ1n) is 6.25. The number of imide groups is 1. The number of hydrogen-bond donors (Lipinski definition) is 3. The molecule has 0 radical (unpaired) electrons. The van der Waals surface area contributed by atoms with E-state index in [-0.39, 0.29) is 22.6 Å². The van der Waals surface area contributed by atoms with Gasteiger partial charge in [-0.2, -0.15) is 0 Å². The highest BCUT2D eigenvalue weighted by Gasteiger charge is 2.26. The maximum atomic E-state index is 11.6. The second kappa shape index (κ2) is 5.10. The number of anilines is 1. The molecular weight excluding hydrogens is 292 g/mol. The topological polar surface area (TPSA) is 78.4 Å². The van der Waals surface area contributed by atoms with Gasteiger partial charge in [0.1, 0.15) is 5.75 Å². The molecule has 0 aromatic heterocycles. The van der Waals surface area contributed by atoms with Crippen molar-refractivity contribution in [3.8, 4) is 5.75 Å². The normalized spacial score (nSPS) is 13.0. The van der Waals surface area contributed by atoms with E-state index in [1.165, 1.54) is 6.07 Å². The fourth-order valence-corrected chi connectivity index (χ4v) is 2.35. The maximum absolute atomic E-state index is 11.6. The monoisotopic (exact) mass is 302 g/mol. The van der Waals surface area contributed by atoms with Crippen molar-refractivity contribution in [2.75, 3.05) is 5.32 Å². The molecule has 3 rings (SSSR count). The van der Waals surface area contributed by atoms with Crippen molar-refractivity contribution in [3.05, 3.63) is 58.1 Å². The minimum absolute atomic E-state index is 0.0353. The average molecular weight is 303 g/mol. The Morgan fingerprint density at radius 3 is 2.57 bits per heavy atom. The lowest BCUT2D eigenvalue weighted by molar-refractivity contribution is 0.0879. The lowest BCUT2D eigenvalue weighted by Gasteiger charge is -2.08. The Balaban J connectivity index is 1.77. The van der Waals surface area contributed by atoms with Crippen molar-refractivity contribution in [2.24, 2.45) is 0 Å². The van der Waals surface area contributed by atoms with Crippen LogP contribution in [0, 0.1) is 0 Å². The number of carbonyl (C=O) groups is 2. The van der Waals surface area contributed by atoms with Crippen LogP contribution in [0.1, 0.15) is 26.3 Å². The molecule has 1 aliphatic rings. The molecule has 0 atom stereocenters. The van der Waals surface area contributed by atoms with Gasteiger partial charge in [0.15, 0.2) is 0 Å². The molecule has 1 heterocycles. The van der Waals surface area contributed by atoms with E-state index in [4.69, 9.17) is 11.6 Å². The van der Waals surface area contributed by atoms with E-state index in [0.717, 1.165) is 11.3 Å². The van der Waals surface area contributed by atoms with E-state index in [0.29, 0.717) is 17.7 Å². The van der Waals surface area contributed by atoms with E-state index in [1.54, 1.807) is 30.3 Å². The molecule has 0 saturated heterocycles. The molecule has 1 aliphatic heterocycles. The number of fused-ring (bicyclic) bond motifs is 1. The molecule has 0 bridgehead atoms. The number of halogens is 1. The number of carbonyl (C=O) groups excluding carboxylic acids is 2. The lowest BCUT2D eigenvalue weighted by atomic mass is 10.1. The van der Waals surface area contributed by atoms with Crippen LogP contribution < -0.4 is 10.6 Å². The molecule has 0 aliphatic carbocycles. The zero-order valence-corrected chi connectivity index (χ0v) is 11.6. The van der Waals surface area contributed by atoms with E-state index >= 15 is 0 Å². The van der Waals surface area contributed by atoms with Gasteiger partial charge in [-0.15, -0.1) is 0 Å². The van der Waals surface area contributed by atoms with Gasteiger partial charge in [0, 0.05) is 12.2 Å². The third-order valence-electron chi connectivity index (χ3n) is 3.24. The fourth-order valence-electron chi connectivity index (χ4n) is 2.14. The summed E-state index contributed by atoms with van der Waals surface area (Å²) in [5, 5.41) is 15.0. The molecule has 21 heavy (non-hydrogen) atoms. The summed E-state index contributed by atoms with van der Waals surface area (Å²) in [5.41, 5.74) is 2.37. The molecule has 2 aromatic carbocycles. The van der Waals surface area contributed by atoms with Gasteiger partial charge in [-0.25, -0.2) is 0 Å². The summed E-state index contributed by atoms with van der Waals surface area (Å²) < 4.78 is 0. The molecular formula is C15H11ClN2O3. The highest BCUT2D eigenvalue weighted by atomic mass is 35.5. The summed E-state index contributed by atoms with van der Waals surface area (Å²) in [6, 6.07) is 9.91. The Hall–Kier alpha value is -2.53. The molecule has 106 valence electrons. The Kier molecular flexibility index (Phi) is 3.27. The molecule has 2 aromatic rings. The number of phenols is 1. The average Bonchev–Trinajstić information content (AvgIpc) is 2.75. The Labute approximate surface area is 125 Å². The SMILES string of the molecule is O=C1NC(=O)c2cc(NCc3ccc(O)c(Cl)c3)ccc21. The van der Waals surface area contributed by atoms with Crippen molar-refractivity contribution in [1.29, 1.82) is 0 Å². The van der Waals surface area contributed by atoms with Crippen LogP contribution in [0.3, 0.4) is 0 Å². The maximum Gasteiger partial charge on any atom is 0.259 e. The largest absolute Gasteiger partial charge is 0.506 e. The van der Waals surface area contributed by atoms with Gasteiger partial charge in [0.05, 0.1) is 16.1 Å². The highest BCUT2D eigenvalue weighted by Crippen LogP contribution is 2.25. The summed E-state index contributed by atoms with van der Waals surface area (Å²) in [6.07, 6.45) is 0. The van der Waals surface area contributed by atoms with Crippen LogP contribution in [0.5, 0.6) is 5.75 Å². The van der Waals surface area contributed by atoms with E-state index in [9.17, 15) is 14.7 Å². The predicted molar refractivity (Wildman–Crippen MR) is 78.7 cm³/mol. The first-order chi connectivity index (χ1) is 10.0. The van der Waals surface area contributed by atoms with E-state index < -0.39 is 0 Å². The predicted octanol–water partition coefficient (Wildman–Crippen LogP) is 2.54. The number of rotatable bonds is 3. The summed E-state index contributed by atoms with van der Waals surface area (Å²) >= 11 is 5.84. The van der Waals surface area contributed by atoms with Gasteiger partial charge in [0.25, 0.3) is 11.8 Å². The van der Waals surface area contributed by atoms with Gasteiger partial charge in [0.2, 0.25) is 0 Å². The van der Waals surface area contributed by atoms with Gasteiger partial charge in [-0.1, -0.05) is 17.7 Å². The molecule has 6 heteroatoms. The van der Waals surface area contributed by atoms with Crippen LogP contribution in [-0.4, -0.2) is 16.9 Å². The van der Waals surface area contributed by atoms with Gasteiger partial charge < -0.3 is 10.4 Å². The molecule has 0 saturated carbocycles. The molecule has 2 amide bonds. The minimum atomic E-state index is -0.383. The quantitative estimate of drug-likeness (QED) is 0.761. The molecule has 0 fully saturated rings. The second-order valence-corrected chi connectivity index (χ2v) is 5.09. The van der Waals surface area contributed by atoms with Crippen molar-refractivity contribution in [2.45, 2.75) is 6.54 Å². The molecule has 0 unspecified atom stereocenters. The first kappa shape index (κ1) is 13.5. The van der Waals surface area contributed by atoms with Crippen molar-refractivity contribution in [3.63, 3.8) is 0 Å². The van der Waals surface area contributed by atoms with Crippen LogP contribution in [-0.2, 0) is 6.54 Å². The Morgan fingerprint density at radius 2 is 1.81 bits per heavy atom. The number of aromatic hydroxyl groups is 1. The van der Waals surface area contributed by atoms with Crippen molar-refractivity contribution in [1.82, 2.24) is 5.32 Å². The Bertz CT molecular complexity index is 759. The highest BCUT2D eigenvalue weighted by molar-refractivity contribution is 6.32. The number of phenolic OH excluding ortho intramolecular Hbond substituents is 1. The summed E-state index contributed by atoms with van der Waals surface area (Å²) in [7, 11) is 0. The van der Waals surface area contributed by atoms with Gasteiger partial charge in [-0.05, 0) is 35.9 Å². The zero-order chi connectivity index (χ0) is 15.0. The molecule has 3 N–H and O–H groups in total. The first-order valence-corrected chi connectivity index (χ1v) is 6.63. The number of nitrogens with one attached hydrogen (secondary N) is 2. The summed E-state index contributed by atoms with van der Waals surface area (Å²) in [5.74, 6) is -0.716. The Morgan fingerprint density at radius 1 is 1.05 bits per heavy atom. The fraction of sp³-hybridized carbons (Fsp3) is 0.0667. The van der Waals surface area contributed by atoms with Crippen LogP contribution in [0.2, 0.25) is 5.02 Å². The molecule has 5 nitrogen and oxygen atoms in total. The van der Waals surface area contributed by atoms with Gasteiger partial charge in [-0.3, -0.25) is 14.9 Å². The molecule has 0 spiro atoms. The zero-order valence-electron chi connectivity index (χ0n) is 10.8. The van der Waals surface area contributed by atoms with Gasteiger partial charge >= 0.3 is 0 Å². The standard InChI is InChI=1S/C15H11ClN2O3/c16-12-5-8(1-4-13(12)19)7-17-9-2-3-10-11(6-9)15(21)18-14(10)20/h1-6,17,19H,7H2,(H,18,20,21). The van der Waals surface area contributed by atoms with Crippen LogP contribution in [0.4, 0.5) is 5.69 Å². The van der Waals surface area contributed by atoms with E-state index in [1.807, 2.05) is 0 Å². The van der Waals surface area contributed by atoms with Crippen LogP contribution >= 0.6 is 11.6 Å². The van der Waals surface area contributed by atoms with Crippen LogP contribution in [0.25, 0.3) is 0 Å². The smallest absolute Gasteiger partial charge is 0.259 e. The summed E-state index contributed by atoms with van der Waals surface area (Å²) in [4.78, 5) is 23.0. The van der Waals surface area contributed by atoms with E-state index in [2.05, 4.69) is 10.6 Å². The lowest BCUT2D eigenvalue weighted by Crippen LogP contribution is -2.19.